The number of nitrogens with one attached hydrogen (secondary N) is 1. The zero-order chi connectivity index (χ0) is 18.7. The summed E-state index contributed by atoms with van der Waals surface area (Å²) in [5, 5.41) is 12.2. The lowest BCUT2D eigenvalue weighted by atomic mass is 10.2. The molecular formula is C15H7F5N2O3. The van der Waals surface area contributed by atoms with Crippen LogP contribution in [0.2, 0.25) is 0 Å². The van der Waals surface area contributed by atoms with Gasteiger partial charge in [0.2, 0.25) is 11.7 Å². The van der Waals surface area contributed by atoms with E-state index < -0.39 is 45.6 Å². The predicted octanol–water partition coefficient (Wildman–Crippen LogP) is 3.94. The Morgan fingerprint density at radius 3 is 2.12 bits per heavy atom. The van der Waals surface area contributed by atoms with Gasteiger partial charge in [0.15, 0.2) is 23.3 Å². The number of nitro groups is 1. The minimum Gasteiger partial charge on any atom is -0.317 e. The monoisotopic (exact) mass is 358 g/mol. The van der Waals surface area contributed by atoms with Crippen molar-refractivity contribution in [1.82, 2.24) is 0 Å². The Labute approximate surface area is 136 Å². The first-order valence-corrected chi connectivity index (χ1v) is 6.47. The first-order chi connectivity index (χ1) is 11.7. The van der Waals surface area contributed by atoms with Gasteiger partial charge in [-0.3, -0.25) is 14.9 Å². The average molecular weight is 358 g/mol. The Morgan fingerprint density at radius 2 is 1.56 bits per heavy atom. The predicted molar refractivity (Wildman–Crippen MR) is 77.0 cm³/mol. The molecule has 0 aliphatic heterocycles. The summed E-state index contributed by atoms with van der Waals surface area (Å²) in [4.78, 5) is 21.6. The van der Waals surface area contributed by atoms with Gasteiger partial charge in [0.05, 0.1) is 4.92 Å². The second-order valence-corrected chi connectivity index (χ2v) is 4.62. The molecule has 0 unspecified atom stereocenters. The number of nitrogens with zero attached hydrogens (tertiary/aromatic N) is 1. The quantitative estimate of drug-likeness (QED) is 0.225. The highest BCUT2D eigenvalue weighted by Crippen LogP contribution is 2.27. The summed E-state index contributed by atoms with van der Waals surface area (Å²) in [5.74, 6) is -12.3. The van der Waals surface area contributed by atoms with E-state index in [1.807, 2.05) is 0 Å². The Balaban J connectivity index is 2.24. The standard InChI is InChI=1S/C15H7F5N2O3/c16-10-11(17)13(19)15(14(20)12(10)18)21-9(23)5-4-7-2-1-3-8(6-7)22(24)25/h1-6H,(H,21,23). The average Bonchev–Trinajstić information content (AvgIpc) is 2.60. The number of rotatable bonds is 4. The lowest BCUT2D eigenvalue weighted by molar-refractivity contribution is -0.384. The van der Waals surface area contributed by atoms with Crippen LogP contribution in [0.1, 0.15) is 5.56 Å². The zero-order valence-electron chi connectivity index (χ0n) is 12.0. The number of carbonyl (C=O) groups is 1. The molecule has 130 valence electrons. The van der Waals surface area contributed by atoms with Crippen molar-refractivity contribution >= 4 is 23.4 Å². The fourth-order valence-corrected chi connectivity index (χ4v) is 1.79. The topological polar surface area (TPSA) is 72.2 Å². The minimum absolute atomic E-state index is 0.210. The normalized spacial score (nSPS) is 10.9. The van der Waals surface area contributed by atoms with Crippen LogP contribution in [0.4, 0.5) is 33.3 Å². The molecule has 0 aromatic heterocycles. The van der Waals surface area contributed by atoms with Crippen LogP contribution in [0.5, 0.6) is 0 Å². The van der Waals surface area contributed by atoms with Crippen LogP contribution in [0.15, 0.2) is 30.3 Å². The summed E-state index contributed by atoms with van der Waals surface area (Å²) in [6.07, 6.45) is 1.78. The lowest BCUT2D eigenvalue weighted by Gasteiger charge is -2.08. The van der Waals surface area contributed by atoms with E-state index in [0.717, 1.165) is 18.2 Å². The first-order valence-electron chi connectivity index (χ1n) is 6.47. The number of amides is 1. The van der Waals surface area contributed by atoms with Crippen LogP contribution in [-0.4, -0.2) is 10.8 Å². The van der Waals surface area contributed by atoms with Crippen LogP contribution < -0.4 is 5.32 Å². The molecule has 1 amide bonds. The molecule has 0 fully saturated rings. The van der Waals surface area contributed by atoms with Gasteiger partial charge in [0.25, 0.3) is 5.69 Å². The molecule has 0 atom stereocenters. The lowest BCUT2D eigenvalue weighted by Crippen LogP contribution is -2.14. The number of anilines is 1. The van der Waals surface area contributed by atoms with Crippen LogP contribution in [0, 0.1) is 39.2 Å². The van der Waals surface area contributed by atoms with E-state index in [9.17, 15) is 36.9 Å². The Morgan fingerprint density at radius 1 is 1.00 bits per heavy atom. The highest BCUT2D eigenvalue weighted by atomic mass is 19.2. The summed E-state index contributed by atoms with van der Waals surface area (Å²) in [5.41, 5.74) is -1.55. The van der Waals surface area contributed by atoms with E-state index in [1.165, 1.54) is 23.5 Å². The Hall–Kier alpha value is -3.30. The number of benzene rings is 2. The van der Waals surface area contributed by atoms with Crippen molar-refractivity contribution in [2.24, 2.45) is 0 Å². The molecule has 0 bridgehead atoms. The van der Waals surface area contributed by atoms with E-state index in [4.69, 9.17) is 0 Å². The number of nitro benzene ring substituents is 1. The van der Waals surface area contributed by atoms with Crippen LogP contribution in [-0.2, 0) is 4.79 Å². The first kappa shape index (κ1) is 18.0. The second kappa shape index (κ2) is 7.07. The summed E-state index contributed by atoms with van der Waals surface area (Å²) in [6.45, 7) is 0. The van der Waals surface area contributed by atoms with E-state index in [2.05, 4.69) is 0 Å². The van der Waals surface area contributed by atoms with Crippen LogP contribution in [0.3, 0.4) is 0 Å². The third kappa shape index (κ3) is 3.79. The fraction of sp³-hybridized carbons (Fsp3) is 0. The largest absolute Gasteiger partial charge is 0.317 e. The third-order valence-corrected chi connectivity index (χ3v) is 2.97. The maximum atomic E-state index is 13.4. The smallest absolute Gasteiger partial charge is 0.270 e. The Kier molecular flexibility index (Phi) is 5.11. The molecule has 0 radical (unpaired) electrons. The maximum absolute atomic E-state index is 13.4. The van der Waals surface area contributed by atoms with Gasteiger partial charge in [-0.1, -0.05) is 12.1 Å². The highest BCUT2D eigenvalue weighted by Gasteiger charge is 2.26. The number of halogens is 5. The van der Waals surface area contributed by atoms with Crippen molar-refractivity contribution in [3.63, 3.8) is 0 Å². The van der Waals surface area contributed by atoms with Gasteiger partial charge >= 0.3 is 0 Å². The number of non-ortho nitro benzene ring substituents is 1. The van der Waals surface area contributed by atoms with Gasteiger partial charge in [0, 0.05) is 18.2 Å². The van der Waals surface area contributed by atoms with Crippen LogP contribution >= 0.6 is 0 Å². The maximum Gasteiger partial charge on any atom is 0.270 e. The SMILES string of the molecule is O=C(C=Cc1cccc([N+](=O)[O-])c1)Nc1c(F)c(F)c(F)c(F)c1F. The number of hydrogen-bond donors (Lipinski definition) is 1. The number of hydrogen-bond acceptors (Lipinski definition) is 3. The van der Waals surface area contributed by atoms with Gasteiger partial charge in [-0.15, -0.1) is 0 Å². The van der Waals surface area contributed by atoms with E-state index in [1.54, 1.807) is 0 Å². The molecule has 25 heavy (non-hydrogen) atoms. The summed E-state index contributed by atoms with van der Waals surface area (Å²) < 4.78 is 65.8. The molecule has 5 nitrogen and oxygen atoms in total. The molecule has 1 N–H and O–H groups in total. The molecule has 0 heterocycles. The van der Waals surface area contributed by atoms with Crippen molar-refractivity contribution in [2.45, 2.75) is 0 Å². The minimum atomic E-state index is -2.35. The third-order valence-electron chi connectivity index (χ3n) is 2.97. The van der Waals surface area contributed by atoms with Crippen molar-refractivity contribution < 1.29 is 31.7 Å². The molecule has 0 aliphatic rings. The van der Waals surface area contributed by atoms with Crippen molar-refractivity contribution in [3.8, 4) is 0 Å². The van der Waals surface area contributed by atoms with E-state index >= 15 is 0 Å². The van der Waals surface area contributed by atoms with E-state index in [-0.39, 0.29) is 11.3 Å². The fourth-order valence-electron chi connectivity index (χ4n) is 1.79. The van der Waals surface area contributed by atoms with Gasteiger partial charge in [-0.2, -0.15) is 0 Å². The van der Waals surface area contributed by atoms with Crippen molar-refractivity contribution in [2.75, 3.05) is 5.32 Å². The van der Waals surface area contributed by atoms with Gasteiger partial charge in [0.1, 0.15) is 5.69 Å². The molecule has 0 saturated carbocycles. The van der Waals surface area contributed by atoms with Gasteiger partial charge in [-0.05, 0) is 11.6 Å². The molecule has 2 rings (SSSR count). The van der Waals surface area contributed by atoms with Crippen molar-refractivity contribution in [3.05, 3.63) is 75.1 Å². The zero-order valence-corrected chi connectivity index (χ0v) is 12.0. The Bertz CT molecular complexity index is 870. The molecule has 2 aromatic rings. The van der Waals surface area contributed by atoms with Crippen molar-refractivity contribution in [1.29, 1.82) is 0 Å². The summed E-state index contributed by atoms with van der Waals surface area (Å²) in [6, 6.07) is 5.05. The van der Waals surface area contributed by atoms with Crippen LogP contribution in [0.25, 0.3) is 6.08 Å². The number of carbonyl (C=O) groups excluding carboxylic acids is 1. The second-order valence-electron chi connectivity index (χ2n) is 4.62. The molecular weight excluding hydrogens is 351 g/mol. The molecule has 0 saturated heterocycles. The van der Waals surface area contributed by atoms with Gasteiger partial charge in [-0.25, -0.2) is 22.0 Å². The van der Waals surface area contributed by atoms with Gasteiger partial charge < -0.3 is 5.32 Å². The molecule has 10 heteroatoms. The highest BCUT2D eigenvalue weighted by molar-refractivity contribution is 6.02. The summed E-state index contributed by atoms with van der Waals surface area (Å²) >= 11 is 0. The molecule has 0 aliphatic carbocycles. The molecule has 2 aromatic carbocycles. The van der Waals surface area contributed by atoms with E-state index in [0.29, 0.717) is 0 Å². The molecule has 0 spiro atoms. The summed E-state index contributed by atoms with van der Waals surface area (Å²) in [7, 11) is 0.